The minimum absolute atomic E-state index is 0.198. The average molecular weight is 538 g/mol. The van der Waals surface area contributed by atoms with Crippen LogP contribution in [-0.4, -0.2) is 32.7 Å². The van der Waals surface area contributed by atoms with Crippen molar-refractivity contribution in [1.82, 2.24) is 4.90 Å². The molecule has 1 saturated heterocycles. The lowest BCUT2D eigenvalue weighted by Gasteiger charge is -2.52. The Balaban J connectivity index is 2.25. The molecule has 5 nitrogen and oxygen atoms in total. The SMILES string of the molecule is CCC(CC(C)(C)[S+]=O)N1C(=O)C(C)(CC(=O)O)CC(c2cccc(Cl)c2)C1c1ccc(Cl)cc1. The highest BCUT2D eigenvalue weighted by Gasteiger charge is 2.53. The van der Waals surface area contributed by atoms with Crippen LogP contribution < -0.4 is 0 Å². The first-order chi connectivity index (χ1) is 16.4. The van der Waals surface area contributed by atoms with Gasteiger partial charge in [0.2, 0.25) is 10.7 Å². The number of carbonyl (C=O) groups is 2. The predicted octanol–water partition coefficient (Wildman–Crippen LogP) is 6.91. The van der Waals surface area contributed by atoms with E-state index in [0.29, 0.717) is 41.0 Å². The van der Waals surface area contributed by atoms with Crippen LogP contribution in [0.1, 0.15) is 76.5 Å². The van der Waals surface area contributed by atoms with E-state index in [2.05, 4.69) is 0 Å². The third-order valence-electron chi connectivity index (χ3n) is 6.95. The molecule has 1 fully saturated rings. The topological polar surface area (TPSA) is 74.7 Å². The van der Waals surface area contributed by atoms with Gasteiger partial charge in [0.05, 0.1) is 17.9 Å². The maximum absolute atomic E-state index is 14.2. The summed E-state index contributed by atoms with van der Waals surface area (Å²) in [5.41, 5.74) is 0.749. The fourth-order valence-electron chi connectivity index (χ4n) is 5.32. The molecular formula is C27H32Cl2NO4S+. The number of hydrogen-bond donors (Lipinski definition) is 1. The lowest BCUT2D eigenvalue weighted by molar-refractivity contribution is -0.161. The van der Waals surface area contributed by atoms with Crippen molar-refractivity contribution in [3.63, 3.8) is 0 Å². The fraction of sp³-hybridized carbons (Fsp3) is 0.481. The molecule has 4 atom stereocenters. The van der Waals surface area contributed by atoms with E-state index in [0.717, 1.165) is 11.1 Å². The minimum atomic E-state index is -1.11. The third-order valence-corrected chi connectivity index (χ3v) is 8.05. The number of carboxylic acid groups (broad SMARTS) is 1. The van der Waals surface area contributed by atoms with E-state index < -0.39 is 16.1 Å². The molecular weight excluding hydrogens is 505 g/mol. The van der Waals surface area contributed by atoms with Gasteiger partial charge >= 0.3 is 17.6 Å². The summed E-state index contributed by atoms with van der Waals surface area (Å²) in [6, 6.07) is 14.4. The van der Waals surface area contributed by atoms with Gasteiger partial charge in [0.25, 0.3) is 0 Å². The third kappa shape index (κ3) is 6.22. The quantitative estimate of drug-likeness (QED) is 0.353. The van der Waals surface area contributed by atoms with E-state index in [-0.39, 0.29) is 30.3 Å². The summed E-state index contributed by atoms with van der Waals surface area (Å²) in [4.78, 5) is 27.9. The summed E-state index contributed by atoms with van der Waals surface area (Å²) < 4.78 is 11.3. The molecule has 1 amide bonds. The van der Waals surface area contributed by atoms with Gasteiger partial charge in [-0.2, -0.15) is 0 Å². The van der Waals surface area contributed by atoms with Crippen LogP contribution in [0.4, 0.5) is 0 Å². The maximum Gasteiger partial charge on any atom is 0.464 e. The molecule has 0 aliphatic carbocycles. The number of carboxylic acids is 1. The molecule has 1 aliphatic heterocycles. The molecule has 8 heteroatoms. The van der Waals surface area contributed by atoms with Crippen molar-refractivity contribution in [1.29, 1.82) is 0 Å². The Morgan fingerprint density at radius 2 is 1.83 bits per heavy atom. The van der Waals surface area contributed by atoms with Crippen molar-refractivity contribution >= 4 is 46.7 Å². The highest BCUT2D eigenvalue weighted by Crippen LogP contribution is 2.52. The summed E-state index contributed by atoms with van der Waals surface area (Å²) in [6.07, 6.45) is 1.20. The van der Waals surface area contributed by atoms with E-state index in [9.17, 15) is 18.9 Å². The van der Waals surface area contributed by atoms with Gasteiger partial charge in [-0.15, -0.1) is 0 Å². The van der Waals surface area contributed by atoms with Crippen LogP contribution in [0, 0.1) is 5.41 Å². The standard InChI is InChI=1S/C27H31Cl2NO4S/c1-5-21(14-26(2,3)35-34)30-24(17-9-11-19(28)12-10-17)22(18-7-6-8-20(29)13-18)15-27(4,25(30)33)16-23(31)32/h6-13,21-22,24H,5,14-16H2,1-4H3/p+1. The molecule has 2 aromatic rings. The highest BCUT2D eigenvalue weighted by molar-refractivity contribution is 7.67. The average Bonchev–Trinajstić information content (AvgIpc) is 2.79. The number of rotatable bonds is 9. The first kappa shape index (κ1) is 27.6. The highest BCUT2D eigenvalue weighted by atomic mass is 35.5. The van der Waals surface area contributed by atoms with Crippen LogP contribution in [0.3, 0.4) is 0 Å². The van der Waals surface area contributed by atoms with Crippen LogP contribution in [0.2, 0.25) is 10.0 Å². The number of piperidine rings is 1. The van der Waals surface area contributed by atoms with Crippen molar-refractivity contribution in [3.05, 3.63) is 69.7 Å². The molecule has 0 radical (unpaired) electrons. The Kier molecular flexibility index (Phi) is 8.61. The number of carbonyl (C=O) groups excluding carboxylic acids is 1. The summed E-state index contributed by atoms with van der Waals surface area (Å²) in [5.74, 6) is -1.41. The second kappa shape index (κ2) is 10.9. The predicted molar refractivity (Wildman–Crippen MR) is 141 cm³/mol. The van der Waals surface area contributed by atoms with Crippen LogP contribution in [0.15, 0.2) is 48.5 Å². The first-order valence-corrected chi connectivity index (χ1v) is 13.3. The Labute approximate surface area is 221 Å². The molecule has 1 aliphatic rings. The minimum Gasteiger partial charge on any atom is -0.481 e. The van der Waals surface area contributed by atoms with Gasteiger partial charge in [0.1, 0.15) is 0 Å². The van der Waals surface area contributed by atoms with Gasteiger partial charge in [-0.1, -0.05) is 61.3 Å². The zero-order valence-electron chi connectivity index (χ0n) is 20.5. The van der Waals surface area contributed by atoms with Crippen molar-refractivity contribution < 1.29 is 18.9 Å². The first-order valence-electron chi connectivity index (χ1n) is 11.8. The maximum atomic E-state index is 14.2. The summed E-state index contributed by atoms with van der Waals surface area (Å²) in [7, 11) is 0. The Morgan fingerprint density at radius 3 is 2.37 bits per heavy atom. The lowest BCUT2D eigenvalue weighted by Crippen LogP contribution is -2.57. The Bertz CT molecular complexity index is 1090. The zero-order chi connectivity index (χ0) is 26.0. The van der Waals surface area contributed by atoms with E-state index in [4.69, 9.17) is 23.2 Å². The van der Waals surface area contributed by atoms with Gasteiger partial charge in [0.15, 0.2) is 0 Å². The second-order valence-electron chi connectivity index (χ2n) is 10.3. The number of aliphatic carboxylic acids is 1. The number of likely N-dealkylation sites (tertiary alicyclic amines) is 1. The van der Waals surface area contributed by atoms with Gasteiger partial charge in [-0.25, -0.2) is 0 Å². The van der Waals surface area contributed by atoms with Gasteiger partial charge in [-0.05, 0) is 62.1 Å². The van der Waals surface area contributed by atoms with E-state index >= 15 is 0 Å². The van der Waals surface area contributed by atoms with Gasteiger partial charge < -0.3 is 10.0 Å². The summed E-state index contributed by atoms with van der Waals surface area (Å²) in [5, 5.41) is 10.9. The van der Waals surface area contributed by atoms with E-state index in [1.54, 1.807) is 25.1 Å². The molecule has 35 heavy (non-hydrogen) atoms. The Hall–Kier alpha value is -2.02. The van der Waals surface area contributed by atoms with Crippen LogP contribution in [0.25, 0.3) is 0 Å². The van der Waals surface area contributed by atoms with Crippen molar-refractivity contribution in [2.75, 3.05) is 0 Å². The smallest absolute Gasteiger partial charge is 0.464 e. The lowest BCUT2D eigenvalue weighted by atomic mass is 9.66. The van der Waals surface area contributed by atoms with Gasteiger partial charge in [-0.3, -0.25) is 9.59 Å². The van der Waals surface area contributed by atoms with E-state index in [1.807, 2.05) is 56.0 Å². The molecule has 1 heterocycles. The number of halogens is 2. The van der Waals surface area contributed by atoms with Gasteiger partial charge in [0, 0.05) is 32.6 Å². The fourth-order valence-corrected chi connectivity index (χ4v) is 5.91. The summed E-state index contributed by atoms with van der Waals surface area (Å²) in [6.45, 7) is 7.50. The van der Waals surface area contributed by atoms with Crippen LogP contribution in [0.5, 0.6) is 0 Å². The molecule has 0 bridgehead atoms. The molecule has 3 rings (SSSR count). The number of amides is 1. The van der Waals surface area contributed by atoms with Crippen molar-refractivity contribution in [2.24, 2.45) is 5.41 Å². The summed E-state index contributed by atoms with van der Waals surface area (Å²) >= 11 is 13.1. The Morgan fingerprint density at radius 1 is 1.17 bits per heavy atom. The normalized spacial score (nSPS) is 23.7. The number of hydrogen-bond acceptors (Lipinski definition) is 3. The molecule has 2 aromatic carbocycles. The molecule has 0 saturated carbocycles. The number of nitrogens with zero attached hydrogens (tertiary/aromatic N) is 1. The molecule has 1 N–H and O–H groups in total. The molecule has 0 aromatic heterocycles. The van der Waals surface area contributed by atoms with E-state index in [1.165, 1.54) is 0 Å². The second-order valence-corrected chi connectivity index (χ2v) is 12.5. The monoisotopic (exact) mass is 536 g/mol. The molecule has 0 spiro atoms. The zero-order valence-corrected chi connectivity index (χ0v) is 22.8. The number of benzene rings is 2. The van der Waals surface area contributed by atoms with Crippen LogP contribution >= 0.6 is 23.2 Å². The largest absolute Gasteiger partial charge is 0.481 e. The molecule has 188 valence electrons. The van der Waals surface area contributed by atoms with Crippen molar-refractivity contribution in [2.45, 2.75) is 76.1 Å². The van der Waals surface area contributed by atoms with Crippen LogP contribution in [-0.2, 0) is 25.5 Å². The molecule has 4 unspecified atom stereocenters. The van der Waals surface area contributed by atoms with Crippen molar-refractivity contribution in [3.8, 4) is 0 Å².